The van der Waals surface area contributed by atoms with E-state index in [0.29, 0.717) is 18.3 Å². The lowest BCUT2D eigenvalue weighted by molar-refractivity contribution is -0.144. The number of rotatable bonds is 5. The molecule has 4 fully saturated rings. The summed E-state index contributed by atoms with van der Waals surface area (Å²) in [6.07, 6.45) is 13.1. The monoisotopic (exact) mass is 910 g/mol. The summed E-state index contributed by atoms with van der Waals surface area (Å²) in [5, 5.41) is 0. The molecule has 0 aromatic heterocycles. The van der Waals surface area contributed by atoms with Crippen LogP contribution in [0.5, 0.6) is 0 Å². The van der Waals surface area contributed by atoms with Crippen LogP contribution in [0, 0.1) is 57.6 Å². The average Bonchev–Trinajstić information content (AvgIpc) is 3.75. The molecule has 0 aliphatic heterocycles. The quantitative estimate of drug-likeness (QED) is 0.241. The Balaban J connectivity index is -0.000000225. The normalized spacial score (nSPS) is 22.2. The Morgan fingerprint density at radius 2 is 0.790 bits per heavy atom. The van der Waals surface area contributed by atoms with Crippen LogP contribution >= 0.6 is 0 Å². The van der Waals surface area contributed by atoms with Crippen LogP contribution in [0.4, 0.5) is 26.3 Å². The Kier molecular flexibility index (Phi) is 35.8. The molecular weight excluding hydrogens is 787 g/mol. The van der Waals surface area contributed by atoms with Crippen LogP contribution in [0.1, 0.15) is 303 Å². The molecule has 0 nitrogen and oxygen atoms in total. The summed E-state index contributed by atoms with van der Waals surface area (Å²) in [5.41, 5.74) is 1.12. The van der Waals surface area contributed by atoms with Crippen LogP contribution in [0.25, 0.3) is 0 Å². The molecule has 0 bridgehead atoms. The topological polar surface area (TPSA) is 0 Å². The van der Waals surface area contributed by atoms with Gasteiger partial charge in [0.05, 0.1) is 0 Å². The number of hydrogen-bond donors (Lipinski definition) is 0. The summed E-state index contributed by atoms with van der Waals surface area (Å²) in [6.45, 7) is 40.2. The zero-order valence-corrected chi connectivity index (χ0v) is 45.4. The van der Waals surface area contributed by atoms with Gasteiger partial charge in [-0.05, 0) is 83.3 Å². The predicted molar refractivity (Wildman–Crippen MR) is 269 cm³/mol. The van der Waals surface area contributed by atoms with Crippen molar-refractivity contribution in [1.29, 1.82) is 0 Å². The van der Waals surface area contributed by atoms with Crippen LogP contribution < -0.4 is 0 Å². The lowest BCUT2D eigenvalue weighted by Gasteiger charge is -2.36. The zero-order chi connectivity index (χ0) is 56.2. The van der Waals surface area contributed by atoms with Crippen molar-refractivity contribution in [2.45, 2.75) is 305 Å². The maximum atomic E-state index is 11.5. The van der Waals surface area contributed by atoms with Crippen molar-refractivity contribution in [2.24, 2.45) is 57.6 Å². The Bertz CT molecular complexity index is 1110. The van der Waals surface area contributed by atoms with Crippen molar-refractivity contribution in [3.05, 3.63) is 0 Å². The zero-order valence-electron chi connectivity index (χ0n) is 52.4. The third-order valence-corrected chi connectivity index (χ3v) is 11.0. The van der Waals surface area contributed by atoms with Crippen LogP contribution in [0.15, 0.2) is 0 Å². The van der Waals surface area contributed by atoms with E-state index in [1.165, 1.54) is 57.8 Å². The first-order valence-corrected chi connectivity index (χ1v) is 25.0. The van der Waals surface area contributed by atoms with Gasteiger partial charge in [0, 0.05) is 22.4 Å². The molecule has 0 aromatic carbocycles. The number of hydrogen-bond acceptors (Lipinski definition) is 0. The third kappa shape index (κ3) is 68.6. The van der Waals surface area contributed by atoms with E-state index in [9.17, 15) is 26.3 Å². The first-order chi connectivity index (χ1) is 30.3. The Morgan fingerprint density at radius 3 is 0.952 bits per heavy atom. The number of alkyl halides is 6. The van der Waals surface area contributed by atoms with E-state index in [-0.39, 0.29) is 40.9 Å². The van der Waals surface area contributed by atoms with Crippen molar-refractivity contribution >= 4 is 0 Å². The molecule has 0 radical (unpaired) electrons. The second kappa shape index (κ2) is 39.7. The van der Waals surface area contributed by atoms with Gasteiger partial charge in [0.15, 0.2) is 0 Å². The largest absolute Gasteiger partial charge is 0.389 e. The molecule has 1 spiro atoms. The van der Waals surface area contributed by atoms with Crippen molar-refractivity contribution in [3.63, 3.8) is 0 Å². The molecule has 0 unspecified atom stereocenters. The van der Waals surface area contributed by atoms with E-state index in [2.05, 4.69) is 34.6 Å². The van der Waals surface area contributed by atoms with Gasteiger partial charge in [-0.1, -0.05) is 254 Å². The highest BCUT2D eigenvalue weighted by Crippen LogP contribution is 2.50. The second-order valence-corrected chi connectivity index (χ2v) is 22.7. The fourth-order valence-corrected chi connectivity index (χ4v) is 6.21. The summed E-state index contributed by atoms with van der Waals surface area (Å²) in [4.78, 5) is 0. The van der Waals surface area contributed by atoms with Gasteiger partial charge in [-0.25, -0.2) is 0 Å². The van der Waals surface area contributed by atoms with E-state index in [0.717, 1.165) is 37.0 Å². The Hall–Kier alpha value is -0.420. The first kappa shape index (κ1) is 55.9. The van der Waals surface area contributed by atoms with Crippen LogP contribution in [-0.4, -0.2) is 12.4 Å². The summed E-state index contributed by atoms with van der Waals surface area (Å²) >= 11 is 0. The summed E-state index contributed by atoms with van der Waals surface area (Å²) in [5.74, 6) is 0.321. The second-order valence-electron chi connectivity index (χ2n) is 22.7. The minimum absolute atomic E-state index is 0.0556. The molecule has 382 valence electrons. The van der Waals surface area contributed by atoms with Crippen LogP contribution in [0.2, 0.25) is 0 Å². The summed E-state index contributed by atoms with van der Waals surface area (Å²) in [7, 11) is 0. The lowest BCUT2D eigenvalue weighted by atomic mass is 9.70. The highest BCUT2D eigenvalue weighted by atomic mass is 19.4. The SMILES string of the molecule is CC(C)(C)C.CC1CCC2(CCCC2)CC1.CC[C@H](C)CC(F)(F)F.CC[C@H](C)CC(F)(F)F.[2H]C(C)(C)C.[2H]C([2H])(C)C(C)(C)C.[2H]C([2H])(C)C(C)C.[2H]C1(C)CCCC1.[2H]C1(C)CCCCC1. The highest BCUT2D eigenvalue weighted by Gasteiger charge is 2.36. The smallest absolute Gasteiger partial charge is 0.171 e. The van der Waals surface area contributed by atoms with Gasteiger partial charge in [-0.3, -0.25) is 0 Å². The molecular formula is C56H116F6. The summed E-state index contributed by atoms with van der Waals surface area (Å²) in [6, 6.07) is 0. The maximum Gasteiger partial charge on any atom is 0.389 e. The Labute approximate surface area is 398 Å². The van der Waals surface area contributed by atoms with E-state index in [4.69, 9.17) is 9.60 Å². The average molecular weight is 911 g/mol. The number of halogens is 6. The minimum atomic E-state index is -3.98. The molecule has 0 N–H and O–H groups in total. The molecule has 4 aliphatic rings. The van der Waals surface area contributed by atoms with Crippen LogP contribution in [0.3, 0.4) is 0 Å². The minimum Gasteiger partial charge on any atom is -0.171 e. The van der Waals surface area contributed by atoms with Crippen molar-refractivity contribution in [2.75, 3.05) is 0 Å². The van der Waals surface area contributed by atoms with Gasteiger partial charge >= 0.3 is 12.4 Å². The van der Waals surface area contributed by atoms with Gasteiger partial charge in [-0.2, -0.15) is 26.3 Å². The van der Waals surface area contributed by atoms with Gasteiger partial charge < -0.3 is 0 Å². The fraction of sp³-hybridized carbons (Fsp3) is 1.00. The molecule has 0 amide bonds. The van der Waals surface area contributed by atoms with Gasteiger partial charge in [-0.15, -0.1) is 0 Å². The molecule has 4 saturated carbocycles. The highest BCUT2D eigenvalue weighted by molar-refractivity contribution is 4.88. The van der Waals surface area contributed by atoms with Crippen molar-refractivity contribution < 1.29 is 35.9 Å². The molecule has 2 atom stereocenters. The molecule has 4 rings (SSSR count). The van der Waals surface area contributed by atoms with Gasteiger partial charge in [0.1, 0.15) is 0 Å². The summed E-state index contributed by atoms with van der Waals surface area (Å²) < 4.78 is 120. The van der Waals surface area contributed by atoms with E-state index < -0.39 is 37.9 Å². The molecule has 0 heterocycles. The molecule has 0 saturated heterocycles. The first-order valence-electron chi connectivity index (χ1n) is 28.5. The van der Waals surface area contributed by atoms with Gasteiger partial charge in [0.2, 0.25) is 0 Å². The Morgan fingerprint density at radius 1 is 0.532 bits per heavy atom. The standard InChI is InChI=1S/C11H20.C7H14.2C6H11F3.C6H12.C6H14.2C5H12.C4H10/c1-10-4-8-11(9-5-10)6-2-3-7-11;1-7-5-3-2-4-6-7;2*1-3-5(2)4-6(7,8)9;1-6-4-2-3-5-6;1-5-6(2,3)4;1-5(2,3)4;1-4-5(2)3;1-4(2)3/h10H,2-9H2,1H3;7H,2-6H2,1H3;2*5H,3-4H2,1-2H3;6H,2-5H2,1H3;5H2,1-4H3;1-4H3;5H,4H2,1-3H3;4H,1-3H3/t;;2*5-;;;;;/m..00...../s1/i;7D;;;6D;5D2;;4D2;4D. The van der Waals surface area contributed by atoms with E-state index in [1.807, 2.05) is 69.2 Å². The predicted octanol–water partition coefficient (Wildman–Crippen LogP) is 22.7. The molecule has 62 heavy (non-hydrogen) atoms. The fourth-order valence-electron chi connectivity index (χ4n) is 6.21. The van der Waals surface area contributed by atoms with Crippen molar-refractivity contribution in [3.8, 4) is 0 Å². The van der Waals surface area contributed by atoms with E-state index in [1.54, 1.807) is 67.2 Å². The van der Waals surface area contributed by atoms with Crippen molar-refractivity contribution in [1.82, 2.24) is 0 Å². The molecule has 6 heteroatoms. The lowest BCUT2D eigenvalue weighted by Crippen LogP contribution is -2.23. The molecule has 4 aliphatic carbocycles. The van der Waals surface area contributed by atoms with Gasteiger partial charge in [0.25, 0.3) is 0 Å². The van der Waals surface area contributed by atoms with E-state index >= 15 is 0 Å². The molecule has 0 aromatic rings. The van der Waals surface area contributed by atoms with Crippen LogP contribution in [-0.2, 0) is 0 Å². The maximum absolute atomic E-state index is 11.5. The third-order valence-electron chi connectivity index (χ3n) is 11.0.